The van der Waals surface area contributed by atoms with Crippen LogP contribution in [0.3, 0.4) is 0 Å². The van der Waals surface area contributed by atoms with Crippen molar-refractivity contribution < 1.29 is 13.2 Å². The third kappa shape index (κ3) is 12.8. The summed E-state index contributed by atoms with van der Waals surface area (Å²) in [5.74, 6) is 5.37. The minimum Gasteiger partial charge on any atom is -0.269 e. The van der Waals surface area contributed by atoms with Crippen molar-refractivity contribution >= 4 is 0 Å². The summed E-state index contributed by atoms with van der Waals surface area (Å²) < 4.78 is 31.1. The predicted octanol–water partition coefficient (Wildman–Crippen LogP) is 1.52. The molecule has 68 valence electrons. The summed E-state index contributed by atoms with van der Waals surface area (Å²) in [7, 11) is 0. The highest BCUT2D eigenvalue weighted by molar-refractivity contribution is 4.57. The second-order valence-corrected chi connectivity index (χ2v) is 2.52. The molecular formula is C6H13F3N2. The lowest BCUT2D eigenvalue weighted by molar-refractivity contribution is -0.110. The van der Waals surface area contributed by atoms with E-state index in [1.165, 1.54) is 12.8 Å². The molecule has 0 bridgehead atoms. The first-order valence-electron chi connectivity index (χ1n) is 3.46. The van der Waals surface area contributed by atoms with Gasteiger partial charge in [-0.25, -0.2) is 5.01 Å². The number of hydrogen-bond acceptors (Lipinski definition) is 2. The van der Waals surface area contributed by atoms with E-state index in [-0.39, 0.29) is 6.92 Å². The quantitative estimate of drug-likeness (QED) is 0.558. The van der Waals surface area contributed by atoms with Gasteiger partial charge < -0.3 is 0 Å². The van der Waals surface area contributed by atoms with Crippen LogP contribution in [-0.4, -0.2) is 24.3 Å². The molecule has 0 atom stereocenters. The molecule has 1 heterocycles. The van der Waals surface area contributed by atoms with Crippen LogP contribution < -0.4 is 5.84 Å². The maximum Gasteiger partial charge on any atom is 0.386 e. The van der Waals surface area contributed by atoms with E-state index < -0.39 is 6.18 Å². The van der Waals surface area contributed by atoms with Gasteiger partial charge in [0, 0.05) is 20.0 Å². The fraction of sp³-hybridized carbons (Fsp3) is 1.00. The molecule has 0 unspecified atom stereocenters. The molecule has 0 saturated carbocycles. The molecule has 11 heavy (non-hydrogen) atoms. The number of nitrogens with two attached hydrogens (primary N) is 1. The summed E-state index contributed by atoms with van der Waals surface area (Å²) in [6.07, 6.45) is -1.42. The fourth-order valence-corrected chi connectivity index (χ4v) is 0.742. The number of alkyl halides is 3. The van der Waals surface area contributed by atoms with Gasteiger partial charge in [-0.15, -0.1) is 0 Å². The standard InChI is InChI=1S/C4H10N2.C2H3F3/c5-6-3-1-2-4-6;1-2(3,4)5/h1-5H2;1H3. The Morgan fingerprint density at radius 3 is 1.55 bits per heavy atom. The molecule has 0 aromatic heterocycles. The van der Waals surface area contributed by atoms with Crippen LogP contribution in [0.2, 0.25) is 0 Å². The molecular weight excluding hydrogens is 157 g/mol. The first-order chi connectivity index (χ1) is 4.89. The lowest BCUT2D eigenvalue weighted by Crippen LogP contribution is -2.26. The average Bonchev–Trinajstić information content (AvgIpc) is 2.12. The van der Waals surface area contributed by atoms with Gasteiger partial charge in [0.1, 0.15) is 0 Å². The molecule has 2 nitrogen and oxygen atoms in total. The van der Waals surface area contributed by atoms with E-state index in [0.29, 0.717) is 0 Å². The zero-order valence-corrected chi connectivity index (χ0v) is 6.49. The van der Waals surface area contributed by atoms with Crippen LogP contribution in [0.4, 0.5) is 13.2 Å². The van der Waals surface area contributed by atoms with Crippen LogP contribution in [-0.2, 0) is 0 Å². The highest BCUT2D eigenvalue weighted by atomic mass is 19.4. The van der Waals surface area contributed by atoms with Crippen LogP contribution in [0.5, 0.6) is 0 Å². The molecule has 0 aromatic rings. The highest BCUT2D eigenvalue weighted by Gasteiger charge is 2.15. The SMILES string of the molecule is CC(F)(F)F.NN1CCCC1. The minimum absolute atomic E-state index is 0.188. The Morgan fingerprint density at radius 1 is 1.18 bits per heavy atom. The second-order valence-electron chi connectivity index (χ2n) is 2.52. The molecule has 1 rings (SSSR count). The first kappa shape index (κ1) is 10.7. The molecule has 0 aliphatic carbocycles. The van der Waals surface area contributed by atoms with Gasteiger partial charge >= 0.3 is 6.18 Å². The summed E-state index contributed by atoms with van der Waals surface area (Å²) in [6, 6.07) is 0. The Hall–Kier alpha value is -0.290. The maximum atomic E-state index is 10.4. The van der Waals surface area contributed by atoms with Gasteiger partial charge in [-0.2, -0.15) is 13.2 Å². The van der Waals surface area contributed by atoms with Crippen LogP contribution in [0.1, 0.15) is 19.8 Å². The van der Waals surface area contributed by atoms with Crippen LogP contribution in [0.15, 0.2) is 0 Å². The normalized spacial score (nSPS) is 19.4. The third-order valence-corrected chi connectivity index (χ3v) is 1.14. The van der Waals surface area contributed by atoms with Crippen LogP contribution >= 0.6 is 0 Å². The monoisotopic (exact) mass is 170 g/mol. The largest absolute Gasteiger partial charge is 0.386 e. The number of hydrogen-bond donors (Lipinski definition) is 1. The van der Waals surface area contributed by atoms with Crippen LogP contribution in [0, 0.1) is 0 Å². The average molecular weight is 170 g/mol. The summed E-state index contributed by atoms with van der Waals surface area (Å²) >= 11 is 0. The molecule has 0 aromatic carbocycles. The minimum atomic E-state index is -4.00. The fourth-order valence-electron chi connectivity index (χ4n) is 0.742. The molecule has 1 fully saturated rings. The first-order valence-corrected chi connectivity index (χ1v) is 3.46. The van der Waals surface area contributed by atoms with Crippen molar-refractivity contribution in [3.05, 3.63) is 0 Å². The van der Waals surface area contributed by atoms with Gasteiger partial charge in [0.2, 0.25) is 0 Å². The Labute approximate surface area is 64.1 Å². The number of rotatable bonds is 0. The summed E-state index contributed by atoms with van der Waals surface area (Å²) in [5, 5.41) is 1.86. The highest BCUT2D eigenvalue weighted by Crippen LogP contribution is 2.10. The Balaban J connectivity index is 0.000000187. The van der Waals surface area contributed by atoms with Gasteiger partial charge in [0.15, 0.2) is 0 Å². The topological polar surface area (TPSA) is 29.3 Å². The van der Waals surface area contributed by atoms with Crippen molar-refractivity contribution in [1.29, 1.82) is 0 Å². The van der Waals surface area contributed by atoms with Crippen molar-refractivity contribution in [2.45, 2.75) is 25.9 Å². The van der Waals surface area contributed by atoms with E-state index in [1.54, 1.807) is 0 Å². The zero-order chi connectivity index (χ0) is 8.91. The lowest BCUT2D eigenvalue weighted by atomic mass is 10.4. The van der Waals surface area contributed by atoms with E-state index in [1.807, 2.05) is 5.01 Å². The van der Waals surface area contributed by atoms with E-state index >= 15 is 0 Å². The number of halogens is 3. The van der Waals surface area contributed by atoms with Crippen LogP contribution in [0.25, 0.3) is 0 Å². The van der Waals surface area contributed by atoms with Gasteiger partial charge in [-0.3, -0.25) is 5.84 Å². The van der Waals surface area contributed by atoms with Crippen molar-refractivity contribution in [2.24, 2.45) is 5.84 Å². The molecule has 1 aliphatic heterocycles. The maximum absolute atomic E-state index is 10.4. The Morgan fingerprint density at radius 2 is 1.45 bits per heavy atom. The Kier molecular flexibility index (Phi) is 4.44. The van der Waals surface area contributed by atoms with Crippen molar-refractivity contribution in [1.82, 2.24) is 5.01 Å². The molecule has 0 amide bonds. The van der Waals surface area contributed by atoms with E-state index in [9.17, 15) is 13.2 Å². The molecule has 1 aliphatic rings. The van der Waals surface area contributed by atoms with Crippen molar-refractivity contribution in [2.75, 3.05) is 13.1 Å². The summed E-state index contributed by atoms with van der Waals surface area (Å²) in [5.41, 5.74) is 0. The van der Waals surface area contributed by atoms with Gasteiger partial charge in [-0.05, 0) is 12.8 Å². The Bertz CT molecular complexity index is 90.5. The second kappa shape index (κ2) is 4.56. The smallest absolute Gasteiger partial charge is 0.269 e. The van der Waals surface area contributed by atoms with E-state index in [2.05, 4.69) is 0 Å². The predicted molar refractivity (Wildman–Crippen MR) is 36.7 cm³/mol. The van der Waals surface area contributed by atoms with Gasteiger partial charge in [0.05, 0.1) is 0 Å². The lowest BCUT2D eigenvalue weighted by Gasteiger charge is -2.01. The summed E-state index contributed by atoms with van der Waals surface area (Å²) in [4.78, 5) is 0. The molecule has 1 saturated heterocycles. The molecule has 2 N–H and O–H groups in total. The van der Waals surface area contributed by atoms with Gasteiger partial charge in [0.25, 0.3) is 0 Å². The van der Waals surface area contributed by atoms with Crippen molar-refractivity contribution in [3.63, 3.8) is 0 Å². The third-order valence-electron chi connectivity index (χ3n) is 1.14. The molecule has 5 heteroatoms. The van der Waals surface area contributed by atoms with Gasteiger partial charge in [-0.1, -0.05) is 0 Å². The van der Waals surface area contributed by atoms with E-state index in [4.69, 9.17) is 5.84 Å². The van der Waals surface area contributed by atoms with E-state index in [0.717, 1.165) is 13.1 Å². The summed E-state index contributed by atoms with van der Waals surface area (Å²) in [6.45, 7) is 2.38. The zero-order valence-electron chi connectivity index (χ0n) is 6.49. The number of nitrogens with zero attached hydrogens (tertiary/aromatic N) is 1. The number of hydrazine groups is 1. The van der Waals surface area contributed by atoms with Crippen molar-refractivity contribution in [3.8, 4) is 0 Å². The molecule has 0 spiro atoms. The molecule has 0 radical (unpaired) electrons.